The molecule has 0 saturated carbocycles. The molecular weight excluding hydrogens is 463 g/mol. The number of thiophene rings is 1. The Morgan fingerprint density at radius 3 is 2.81 bits per heavy atom. The van der Waals surface area contributed by atoms with E-state index in [-0.39, 0.29) is 24.0 Å². The van der Waals surface area contributed by atoms with Crippen LogP contribution in [0.2, 0.25) is 0 Å². The molecule has 0 unspecified atom stereocenters. The molecule has 0 aliphatic heterocycles. The summed E-state index contributed by atoms with van der Waals surface area (Å²) < 4.78 is 3.28. The molecule has 0 saturated heterocycles. The minimum Gasteiger partial charge on any atom is -0.353 e. The van der Waals surface area contributed by atoms with Crippen molar-refractivity contribution in [2.75, 3.05) is 14.1 Å². The lowest BCUT2D eigenvalue weighted by Crippen LogP contribution is -2.38. The summed E-state index contributed by atoms with van der Waals surface area (Å²) in [4.78, 5) is 6.46. The van der Waals surface area contributed by atoms with E-state index in [0.717, 1.165) is 22.8 Å². The summed E-state index contributed by atoms with van der Waals surface area (Å²) in [5, 5.41) is 5.52. The van der Waals surface area contributed by atoms with Crippen molar-refractivity contribution in [1.82, 2.24) is 14.8 Å². The van der Waals surface area contributed by atoms with Gasteiger partial charge < -0.3 is 14.8 Å². The zero-order valence-corrected chi connectivity index (χ0v) is 17.1. The van der Waals surface area contributed by atoms with Crippen molar-refractivity contribution in [3.05, 3.63) is 44.8 Å². The average Bonchev–Trinajstić information content (AvgIpc) is 3.00. The third-order valence-electron chi connectivity index (χ3n) is 3.10. The zero-order valence-electron chi connectivity index (χ0n) is 12.3. The molecule has 0 fully saturated rings. The minimum absolute atomic E-state index is 0. The summed E-state index contributed by atoms with van der Waals surface area (Å²) in [6, 6.07) is 6.31. The fraction of sp³-hybridized carbons (Fsp3) is 0.357. The van der Waals surface area contributed by atoms with Crippen molar-refractivity contribution in [3.63, 3.8) is 0 Å². The molecule has 2 aromatic heterocycles. The van der Waals surface area contributed by atoms with Crippen LogP contribution in [-0.4, -0.2) is 29.5 Å². The summed E-state index contributed by atoms with van der Waals surface area (Å²) in [7, 11) is 5.92. The second-order valence-electron chi connectivity index (χ2n) is 4.63. The van der Waals surface area contributed by atoms with Crippen LogP contribution < -0.4 is 5.32 Å². The Bertz CT molecular complexity index is 593. The van der Waals surface area contributed by atoms with Crippen LogP contribution >= 0.6 is 51.2 Å². The lowest BCUT2D eigenvalue weighted by Gasteiger charge is -2.22. The minimum atomic E-state index is 0. The van der Waals surface area contributed by atoms with Crippen molar-refractivity contribution in [2.24, 2.45) is 12.0 Å². The molecular formula is C14H20BrIN4S. The van der Waals surface area contributed by atoms with Crippen molar-refractivity contribution >= 4 is 57.2 Å². The van der Waals surface area contributed by atoms with Crippen molar-refractivity contribution in [1.29, 1.82) is 0 Å². The average molecular weight is 483 g/mol. The van der Waals surface area contributed by atoms with Gasteiger partial charge in [-0.05, 0) is 45.1 Å². The van der Waals surface area contributed by atoms with Gasteiger partial charge in [-0.15, -0.1) is 35.3 Å². The number of hydrogen-bond donors (Lipinski definition) is 1. The first-order chi connectivity index (χ1) is 9.60. The molecule has 1 N–H and O–H groups in total. The second-order valence-corrected chi connectivity index (χ2v) is 6.92. The highest BCUT2D eigenvalue weighted by Gasteiger charge is 2.08. The van der Waals surface area contributed by atoms with E-state index in [1.165, 1.54) is 11.3 Å². The maximum Gasteiger partial charge on any atom is 0.194 e. The fourth-order valence-corrected chi connectivity index (χ4v) is 3.19. The fourth-order valence-electron chi connectivity index (χ4n) is 1.98. The van der Waals surface area contributed by atoms with Gasteiger partial charge in [0.05, 0.1) is 10.3 Å². The van der Waals surface area contributed by atoms with Gasteiger partial charge in [-0.1, -0.05) is 0 Å². The van der Waals surface area contributed by atoms with Gasteiger partial charge >= 0.3 is 0 Å². The van der Waals surface area contributed by atoms with E-state index in [1.54, 1.807) is 11.3 Å². The number of aliphatic imine (C=N–C) groups is 1. The largest absolute Gasteiger partial charge is 0.353 e. The molecule has 4 nitrogen and oxygen atoms in total. The van der Waals surface area contributed by atoms with Gasteiger partial charge in [-0.2, -0.15) is 0 Å². The maximum atomic E-state index is 4.33. The first-order valence-electron chi connectivity index (χ1n) is 6.35. The van der Waals surface area contributed by atoms with E-state index in [9.17, 15) is 0 Å². The van der Waals surface area contributed by atoms with Crippen molar-refractivity contribution in [3.8, 4) is 0 Å². The number of aryl methyl sites for hydroxylation is 1. The second kappa shape index (κ2) is 8.79. The van der Waals surface area contributed by atoms with Gasteiger partial charge in [-0.25, -0.2) is 0 Å². The van der Waals surface area contributed by atoms with Crippen LogP contribution in [0.1, 0.15) is 11.3 Å². The topological polar surface area (TPSA) is 32.6 Å². The van der Waals surface area contributed by atoms with Gasteiger partial charge in [0.25, 0.3) is 0 Å². The third-order valence-corrected chi connectivity index (χ3v) is 4.65. The monoisotopic (exact) mass is 482 g/mol. The molecule has 0 amide bonds. The Morgan fingerprint density at radius 1 is 1.52 bits per heavy atom. The number of nitrogens with one attached hydrogen (secondary N) is 1. The first-order valence-corrected chi connectivity index (χ1v) is 8.02. The standard InChI is InChI=1S/C14H19BrN4S.HI/c1-16-14(17-8-11-7-13(15)20-10-11)19(3)9-12-5-4-6-18(12)2;/h4-7,10H,8-9H2,1-3H3,(H,16,17);1H. The summed E-state index contributed by atoms with van der Waals surface area (Å²) in [5.41, 5.74) is 2.52. The number of aromatic nitrogens is 1. The number of hydrogen-bond acceptors (Lipinski definition) is 2. The molecule has 21 heavy (non-hydrogen) atoms. The highest BCUT2D eigenvalue weighted by atomic mass is 127. The summed E-state index contributed by atoms with van der Waals surface area (Å²) >= 11 is 5.18. The molecule has 0 atom stereocenters. The highest BCUT2D eigenvalue weighted by Crippen LogP contribution is 2.20. The molecule has 0 aromatic carbocycles. The predicted molar refractivity (Wildman–Crippen MR) is 105 cm³/mol. The summed E-state index contributed by atoms with van der Waals surface area (Å²) in [5.74, 6) is 0.897. The van der Waals surface area contributed by atoms with E-state index < -0.39 is 0 Å². The maximum absolute atomic E-state index is 4.33. The van der Waals surface area contributed by atoms with Crippen LogP contribution in [0.4, 0.5) is 0 Å². The first kappa shape index (κ1) is 18.5. The molecule has 116 valence electrons. The van der Waals surface area contributed by atoms with E-state index in [0.29, 0.717) is 0 Å². The number of guanidine groups is 1. The molecule has 7 heteroatoms. The highest BCUT2D eigenvalue weighted by molar-refractivity contribution is 14.0. The Morgan fingerprint density at radius 2 is 2.29 bits per heavy atom. The van der Waals surface area contributed by atoms with Gasteiger partial charge in [0, 0.05) is 39.6 Å². The Kier molecular flexibility index (Phi) is 7.75. The SMILES string of the molecule is CN=C(NCc1csc(Br)c1)N(C)Cc1cccn1C.I. The van der Waals surface area contributed by atoms with Crippen LogP contribution in [0.15, 0.2) is 38.6 Å². The van der Waals surface area contributed by atoms with Crippen LogP contribution in [-0.2, 0) is 20.1 Å². The molecule has 2 rings (SSSR count). The number of nitrogens with zero attached hydrogens (tertiary/aromatic N) is 3. The summed E-state index contributed by atoms with van der Waals surface area (Å²) in [6.45, 7) is 1.61. The van der Waals surface area contributed by atoms with Crippen LogP contribution in [0.5, 0.6) is 0 Å². The molecule has 0 spiro atoms. The van der Waals surface area contributed by atoms with Gasteiger partial charge in [0.15, 0.2) is 5.96 Å². The molecule has 2 aromatic rings. The van der Waals surface area contributed by atoms with Crippen molar-refractivity contribution < 1.29 is 0 Å². The molecule has 0 aliphatic rings. The smallest absolute Gasteiger partial charge is 0.194 e. The van der Waals surface area contributed by atoms with Crippen LogP contribution in [0, 0.1) is 0 Å². The van der Waals surface area contributed by atoms with E-state index >= 15 is 0 Å². The lowest BCUT2D eigenvalue weighted by atomic mass is 10.3. The molecule has 0 aliphatic carbocycles. The van der Waals surface area contributed by atoms with Gasteiger partial charge in [-0.3, -0.25) is 4.99 Å². The third kappa shape index (κ3) is 5.30. The zero-order chi connectivity index (χ0) is 14.5. The van der Waals surface area contributed by atoms with Gasteiger partial charge in [0.2, 0.25) is 0 Å². The van der Waals surface area contributed by atoms with E-state index in [4.69, 9.17) is 0 Å². The summed E-state index contributed by atoms with van der Waals surface area (Å²) in [6.07, 6.45) is 2.06. The Balaban J connectivity index is 0.00000220. The lowest BCUT2D eigenvalue weighted by molar-refractivity contribution is 0.462. The quantitative estimate of drug-likeness (QED) is 0.409. The van der Waals surface area contributed by atoms with Crippen LogP contribution in [0.25, 0.3) is 0 Å². The number of rotatable bonds is 4. The number of halogens is 2. The molecule has 0 bridgehead atoms. The predicted octanol–water partition coefficient (Wildman–Crippen LogP) is 3.67. The normalized spacial score (nSPS) is 11.1. The van der Waals surface area contributed by atoms with Crippen molar-refractivity contribution in [2.45, 2.75) is 13.1 Å². The Labute approximate surface area is 155 Å². The van der Waals surface area contributed by atoms with Crippen LogP contribution in [0.3, 0.4) is 0 Å². The molecule has 0 radical (unpaired) electrons. The molecule has 2 heterocycles. The Hall–Kier alpha value is -0.540. The van der Waals surface area contributed by atoms with E-state index in [1.807, 2.05) is 14.1 Å². The van der Waals surface area contributed by atoms with E-state index in [2.05, 4.69) is 72.5 Å². The van der Waals surface area contributed by atoms with Gasteiger partial charge in [0.1, 0.15) is 0 Å².